The Hall–Kier alpha value is -1.57. The average Bonchev–Trinajstić information content (AvgIpc) is 3.44. The van der Waals surface area contributed by atoms with Gasteiger partial charge in [-0.15, -0.1) is 4.21 Å². The zero-order valence-corrected chi connectivity index (χ0v) is 15.1. The van der Waals surface area contributed by atoms with E-state index in [4.69, 9.17) is 16.3 Å². The quantitative estimate of drug-likeness (QED) is 0.462. The van der Waals surface area contributed by atoms with Gasteiger partial charge in [0.15, 0.2) is 9.64 Å². The van der Waals surface area contributed by atoms with Gasteiger partial charge in [0.05, 0.1) is 13.2 Å². The summed E-state index contributed by atoms with van der Waals surface area (Å²) < 4.78 is 31.1. The van der Waals surface area contributed by atoms with E-state index in [-0.39, 0.29) is 11.1 Å². The Balaban J connectivity index is 1.67. The third-order valence-corrected chi connectivity index (χ3v) is 7.06. The van der Waals surface area contributed by atoms with Gasteiger partial charge in [-0.2, -0.15) is 0 Å². The van der Waals surface area contributed by atoms with Crippen molar-refractivity contribution in [1.29, 1.82) is 0 Å². The van der Waals surface area contributed by atoms with E-state index in [1.54, 1.807) is 12.1 Å². The summed E-state index contributed by atoms with van der Waals surface area (Å²) in [5.74, 6) is 0.406. The maximum atomic E-state index is 13.1. The summed E-state index contributed by atoms with van der Waals surface area (Å²) in [5.41, 5.74) is 0.708. The molecule has 0 amide bonds. The van der Waals surface area contributed by atoms with Crippen LogP contribution in [0.5, 0.6) is 0 Å². The Morgan fingerprint density at radius 2 is 1.84 bits per heavy atom. The zero-order chi connectivity index (χ0) is 17.4. The fourth-order valence-corrected chi connectivity index (χ4v) is 5.04. The van der Waals surface area contributed by atoms with Crippen LogP contribution in [0.25, 0.3) is 0 Å². The lowest BCUT2D eigenvalue weighted by atomic mass is 10.2. The Morgan fingerprint density at radius 1 is 1.16 bits per heavy atom. The van der Waals surface area contributed by atoms with E-state index in [0.29, 0.717) is 23.8 Å². The number of nitrogens with zero attached hydrogens (tertiary/aromatic N) is 3. The molecule has 1 saturated carbocycles. The van der Waals surface area contributed by atoms with Gasteiger partial charge in [-0.25, -0.2) is 14.4 Å². The van der Waals surface area contributed by atoms with E-state index >= 15 is 0 Å². The molecule has 2 aromatic rings. The van der Waals surface area contributed by atoms with E-state index in [9.17, 15) is 8.60 Å². The second-order valence-electron chi connectivity index (χ2n) is 6.28. The highest BCUT2D eigenvalue weighted by atomic mass is 35.5. The largest absolute Gasteiger partial charge is 0.378 e. The van der Waals surface area contributed by atoms with Gasteiger partial charge >= 0.3 is 0 Å². The van der Waals surface area contributed by atoms with Crippen LogP contribution in [0.4, 0.5) is 10.2 Å². The van der Waals surface area contributed by atoms with E-state index in [1.165, 1.54) is 12.1 Å². The van der Waals surface area contributed by atoms with Crippen molar-refractivity contribution >= 4 is 28.2 Å². The summed E-state index contributed by atoms with van der Waals surface area (Å²) in [6, 6.07) is 7.73. The van der Waals surface area contributed by atoms with Crippen LogP contribution in [0.3, 0.4) is 0 Å². The number of aromatic nitrogens is 2. The van der Waals surface area contributed by atoms with Crippen molar-refractivity contribution in [3.8, 4) is 0 Å². The molecule has 1 aliphatic heterocycles. The molecule has 1 atom stereocenters. The number of halogens is 2. The first-order valence-electron chi connectivity index (χ1n) is 8.19. The SMILES string of the molecule is O=[SH+](c1ccc(F)cc1)C1(c2cc(N3CCOCC3)nc(Cl)n2)CC1. The highest BCUT2D eigenvalue weighted by Gasteiger charge is 2.58. The molecule has 1 aliphatic carbocycles. The van der Waals surface area contributed by atoms with Gasteiger partial charge in [0.1, 0.15) is 28.1 Å². The molecule has 1 saturated heterocycles. The Bertz CT molecular complexity index is 808. The van der Waals surface area contributed by atoms with E-state index in [2.05, 4.69) is 14.9 Å². The molecule has 1 aromatic heterocycles. The maximum Gasteiger partial charge on any atom is 0.224 e. The van der Waals surface area contributed by atoms with Gasteiger partial charge in [0.25, 0.3) is 0 Å². The normalized spacial score (nSPS) is 20.3. The van der Waals surface area contributed by atoms with Crippen molar-refractivity contribution in [2.75, 3.05) is 31.2 Å². The lowest BCUT2D eigenvalue weighted by molar-refractivity contribution is 0.122. The molecule has 2 heterocycles. The first-order chi connectivity index (χ1) is 12.1. The maximum absolute atomic E-state index is 13.1. The van der Waals surface area contributed by atoms with Gasteiger partial charge < -0.3 is 9.64 Å². The number of thiol groups is 1. The fourth-order valence-electron chi connectivity index (χ4n) is 3.10. The first kappa shape index (κ1) is 16.9. The van der Waals surface area contributed by atoms with E-state index < -0.39 is 15.5 Å². The predicted octanol–water partition coefficient (Wildman–Crippen LogP) is 2.85. The van der Waals surface area contributed by atoms with Crippen LogP contribution in [0.1, 0.15) is 18.5 Å². The first-order valence-corrected chi connectivity index (χ1v) is 9.83. The van der Waals surface area contributed by atoms with Crippen molar-refractivity contribution in [3.05, 3.63) is 47.1 Å². The molecule has 0 radical (unpaired) electrons. The van der Waals surface area contributed by atoms with Crippen molar-refractivity contribution in [2.45, 2.75) is 22.5 Å². The van der Waals surface area contributed by atoms with Gasteiger partial charge in [-0.3, -0.25) is 0 Å². The summed E-state index contributed by atoms with van der Waals surface area (Å²) in [4.78, 5) is 11.4. The molecule has 4 rings (SSSR count). The topological polar surface area (TPSA) is 55.3 Å². The van der Waals surface area contributed by atoms with Gasteiger partial charge in [-0.1, -0.05) is 0 Å². The van der Waals surface area contributed by atoms with Crippen molar-refractivity contribution in [3.63, 3.8) is 0 Å². The number of benzene rings is 1. The molecular weight excluding hydrogens is 365 g/mol. The molecule has 0 bridgehead atoms. The molecular formula is C17H18ClFN3O2S+. The third-order valence-electron chi connectivity index (χ3n) is 4.67. The summed E-state index contributed by atoms with van der Waals surface area (Å²) >= 11 is 6.15. The Kier molecular flexibility index (Phi) is 4.47. The zero-order valence-electron chi connectivity index (χ0n) is 13.5. The van der Waals surface area contributed by atoms with Crippen LogP contribution in [0.15, 0.2) is 35.2 Å². The van der Waals surface area contributed by atoms with Crippen molar-refractivity contribution < 1.29 is 13.3 Å². The van der Waals surface area contributed by atoms with Crippen LogP contribution in [0, 0.1) is 5.82 Å². The molecule has 5 nitrogen and oxygen atoms in total. The summed E-state index contributed by atoms with van der Waals surface area (Å²) in [6.45, 7) is 2.77. The standard InChI is InChI=1S/C17H17ClFN3O2S/c18-16-20-14(11-15(21-16)22-7-9-24-10-8-22)17(5-6-17)25(23)13-3-1-12(19)2-4-13/h1-4,11H,5-10H2/p+1. The molecule has 132 valence electrons. The lowest BCUT2D eigenvalue weighted by Crippen LogP contribution is -2.37. The number of hydrogen-bond donors (Lipinski definition) is 0. The summed E-state index contributed by atoms with van der Waals surface area (Å²) in [6.07, 6.45) is 1.55. The number of ether oxygens (including phenoxy) is 1. The molecule has 0 spiro atoms. The molecule has 2 aliphatic rings. The molecule has 8 heteroatoms. The van der Waals surface area contributed by atoms with Crippen molar-refractivity contribution in [2.24, 2.45) is 0 Å². The average molecular weight is 383 g/mol. The number of hydrogen-bond acceptors (Lipinski definition) is 5. The van der Waals surface area contributed by atoms with Crippen LogP contribution >= 0.6 is 11.6 Å². The number of anilines is 1. The highest BCUT2D eigenvalue weighted by Crippen LogP contribution is 2.53. The van der Waals surface area contributed by atoms with Gasteiger partial charge in [0, 0.05) is 32.0 Å². The minimum Gasteiger partial charge on any atom is -0.378 e. The van der Waals surface area contributed by atoms with Crippen LogP contribution in [0.2, 0.25) is 5.28 Å². The Labute approximate surface area is 152 Å². The molecule has 1 aromatic carbocycles. The van der Waals surface area contributed by atoms with E-state index in [1.807, 2.05) is 6.07 Å². The smallest absolute Gasteiger partial charge is 0.224 e. The number of morpholine rings is 1. The third kappa shape index (κ3) is 3.28. The molecule has 2 fully saturated rings. The Morgan fingerprint density at radius 3 is 2.48 bits per heavy atom. The van der Waals surface area contributed by atoms with Crippen LogP contribution in [-0.2, 0) is 24.5 Å². The fraction of sp³-hybridized carbons (Fsp3) is 0.412. The monoisotopic (exact) mass is 382 g/mol. The summed E-state index contributed by atoms with van der Waals surface area (Å²) in [7, 11) is -1.75. The predicted molar refractivity (Wildman–Crippen MR) is 95.1 cm³/mol. The van der Waals surface area contributed by atoms with Gasteiger partial charge in [-0.05, 0) is 35.9 Å². The van der Waals surface area contributed by atoms with E-state index in [0.717, 1.165) is 31.7 Å². The minimum absolute atomic E-state index is 0.160. The molecule has 0 N–H and O–H groups in total. The van der Waals surface area contributed by atoms with Gasteiger partial charge in [0.2, 0.25) is 5.28 Å². The van der Waals surface area contributed by atoms with Crippen molar-refractivity contribution in [1.82, 2.24) is 9.97 Å². The highest BCUT2D eigenvalue weighted by molar-refractivity contribution is 7.86. The second kappa shape index (κ2) is 6.63. The molecule has 1 unspecified atom stereocenters. The van der Waals surface area contributed by atoms with Crippen LogP contribution in [-0.4, -0.2) is 36.3 Å². The summed E-state index contributed by atoms with van der Waals surface area (Å²) in [5, 5.41) is 0.160. The molecule has 25 heavy (non-hydrogen) atoms. The second-order valence-corrected chi connectivity index (χ2v) is 8.58. The number of rotatable bonds is 4. The lowest BCUT2D eigenvalue weighted by Gasteiger charge is -2.28. The van der Waals surface area contributed by atoms with Crippen LogP contribution < -0.4 is 4.90 Å². The minimum atomic E-state index is -1.75.